The van der Waals surface area contributed by atoms with Crippen molar-refractivity contribution in [2.75, 3.05) is 19.7 Å². The minimum atomic E-state index is -0.533. The van der Waals surface area contributed by atoms with E-state index in [0.717, 1.165) is 38.3 Å². The van der Waals surface area contributed by atoms with E-state index in [0.29, 0.717) is 12.5 Å². The van der Waals surface area contributed by atoms with Crippen LogP contribution in [0, 0.1) is 16.0 Å². The SMILES string of the molecule is O=[N+]([O-])c1cnc(OCC2CCCNC2)nc1. The molecule has 1 N–H and O–H groups in total. The standard InChI is InChI=1S/C10H14N4O3/c15-14(16)9-5-12-10(13-6-9)17-7-8-2-1-3-11-4-8/h5-6,8,11H,1-4,7H2. The largest absolute Gasteiger partial charge is 0.463 e. The van der Waals surface area contributed by atoms with Crippen LogP contribution in [0.5, 0.6) is 6.01 Å². The van der Waals surface area contributed by atoms with Crippen molar-refractivity contribution in [3.63, 3.8) is 0 Å². The van der Waals surface area contributed by atoms with E-state index >= 15 is 0 Å². The molecule has 0 radical (unpaired) electrons. The molecule has 1 saturated heterocycles. The first-order valence-corrected chi connectivity index (χ1v) is 5.55. The van der Waals surface area contributed by atoms with Gasteiger partial charge in [0.15, 0.2) is 0 Å². The molecule has 0 saturated carbocycles. The highest BCUT2D eigenvalue weighted by Gasteiger charge is 2.14. The lowest BCUT2D eigenvalue weighted by atomic mass is 10.0. The third-order valence-corrected chi connectivity index (χ3v) is 2.67. The van der Waals surface area contributed by atoms with Gasteiger partial charge in [-0.25, -0.2) is 0 Å². The average Bonchev–Trinajstić information content (AvgIpc) is 2.38. The number of hydrogen-bond acceptors (Lipinski definition) is 6. The molecule has 1 unspecified atom stereocenters. The number of hydrogen-bond donors (Lipinski definition) is 1. The zero-order valence-corrected chi connectivity index (χ0v) is 9.33. The normalized spacial score (nSPS) is 19.9. The van der Waals surface area contributed by atoms with Crippen LogP contribution >= 0.6 is 0 Å². The average molecular weight is 238 g/mol. The van der Waals surface area contributed by atoms with Crippen molar-refractivity contribution in [2.45, 2.75) is 12.8 Å². The fourth-order valence-electron chi connectivity index (χ4n) is 1.74. The van der Waals surface area contributed by atoms with Gasteiger partial charge in [0.25, 0.3) is 0 Å². The second kappa shape index (κ2) is 5.53. The lowest BCUT2D eigenvalue weighted by Crippen LogP contribution is -2.33. The fraction of sp³-hybridized carbons (Fsp3) is 0.600. The smallest absolute Gasteiger partial charge is 0.316 e. The van der Waals surface area contributed by atoms with Gasteiger partial charge in [-0.3, -0.25) is 10.1 Å². The first kappa shape index (κ1) is 11.7. The summed E-state index contributed by atoms with van der Waals surface area (Å²) < 4.78 is 5.40. The molecule has 0 amide bonds. The lowest BCUT2D eigenvalue weighted by Gasteiger charge is -2.21. The van der Waals surface area contributed by atoms with Gasteiger partial charge in [-0.1, -0.05) is 0 Å². The van der Waals surface area contributed by atoms with Gasteiger partial charge in [-0.15, -0.1) is 0 Å². The van der Waals surface area contributed by atoms with Gasteiger partial charge in [0.05, 0.1) is 11.5 Å². The first-order chi connectivity index (χ1) is 8.25. The van der Waals surface area contributed by atoms with Crippen LogP contribution in [-0.4, -0.2) is 34.6 Å². The molecule has 7 heteroatoms. The molecule has 0 bridgehead atoms. The molecule has 2 rings (SSSR count). The number of nitrogens with one attached hydrogen (secondary N) is 1. The number of aromatic nitrogens is 2. The fourth-order valence-corrected chi connectivity index (χ4v) is 1.74. The summed E-state index contributed by atoms with van der Waals surface area (Å²) in [6, 6.07) is 0.196. The Bertz CT molecular complexity index is 376. The lowest BCUT2D eigenvalue weighted by molar-refractivity contribution is -0.385. The second-order valence-electron chi connectivity index (χ2n) is 4.00. The van der Waals surface area contributed by atoms with Gasteiger partial charge >= 0.3 is 11.7 Å². The van der Waals surface area contributed by atoms with Crippen LogP contribution in [0.3, 0.4) is 0 Å². The highest BCUT2D eigenvalue weighted by atomic mass is 16.6. The highest BCUT2D eigenvalue weighted by molar-refractivity contribution is 5.21. The molecule has 0 aromatic carbocycles. The predicted octanol–water partition coefficient (Wildman–Crippen LogP) is 0.763. The van der Waals surface area contributed by atoms with Crippen molar-refractivity contribution in [1.29, 1.82) is 0 Å². The van der Waals surface area contributed by atoms with Crippen molar-refractivity contribution in [3.8, 4) is 6.01 Å². The Kier molecular flexibility index (Phi) is 3.81. The zero-order chi connectivity index (χ0) is 12.1. The van der Waals surface area contributed by atoms with E-state index in [1.807, 2.05) is 0 Å². The molecule has 17 heavy (non-hydrogen) atoms. The zero-order valence-electron chi connectivity index (χ0n) is 9.33. The van der Waals surface area contributed by atoms with Crippen molar-refractivity contribution in [3.05, 3.63) is 22.5 Å². The van der Waals surface area contributed by atoms with Crippen LogP contribution < -0.4 is 10.1 Å². The summed E-state index contributed by atoms with van der Waals surface area (Å²) in [5.41, 5.74) is -0.128. The van der Waals surface area contributed by atoms with Crippen molar-refractivity contribution < 1.29 is 9.66 Å². The molecule has 0 spiro atoms. The maximum Gasteiger partial charge on any atom is 0.316 e. The molecule has 1 aliphatic rings. The Morgan fingerprint density at radius 1 is 1.53 bits per heavy atom. The molecule has 92 valence electrons. The molecule has 0 aliphatic carbocycles. The van der Waals surface area contributed by atoms with Gasteiger partial charge in [0.1, 0.15) is 12.4 Å². The minimum Gasteiger partial charge on any atom is -0.463 e. The van der Waals surface area contributed by atoms with Crippen LogP contribution in [0.4, 0.5) is 5.69 Å². The van der Waals surface area contributed by atoms with Crippen LogP contribution in [-0.2, 0) is 0 Å². The third kappa shape index (κ3) is 3.35. The molecular weight excluding hydrogens is 224 g/mol. The topological polar surface area (TPSA) is 90.2 Å². The molecular formula is C10H14N4O3. The van der Waals surface area contributed by atoms with E-state index in [9.17, 15) is 10.1 Å². The van der Waals surface area contributed by atoms with Crippen LogP contribution in [0.2, 0.25) is 0 Å². The van der Waals surface area contributed by atoms with E-state index in [2.05, 4.69) is 15.3 Å². The number of rotatable bonds is 4. The monoisotopic (exact) mass is 238 g/mol. The second-order valence-corrected chi connectivity index (χ2v) is 4.00. The number of nitrogens with zero attached hydrogens (tertiary/aromatic N) is 3. The summed E-state index contributed by atoms with van der Waals surface area (Å²) in [4.78, 5) is 17.4. The molecule has 1 aromatic rings. The minimum absolute atomic E-state index is 0.128. The summed E-state index contributed by atoms with van der Waals surface area (Å²) in [5.74, 6) is 0.461. The summed E-state index contributed by atoms with van der Waals surface area (Å²) in [6.45, 7) is 2.54. The third-order valence-electron chi connectivity index (χ3n) is 2.67. The Morgan fingerprint density at radius 2 is 2.29 bits per heavy atom. The summed E-state index contributed by atoms with van der Waals surface area (Å²) in [6.07, 6.45) is 4.58. The van der Waals surface area contributed by atoms with Crippen molar-refractivity contribution in [1.82, 2.24) is 15.3 Å². The summed E-state index contributed by atoms with van der Waals surface area (Å²) in [5, 5.41) is 13.7. The predicted molar refractivity (Wildman–Crippen MR) is 59.8 cm³/mol. The van der Waals surface area contributed by atoms with E-state index in [1.54, 1.807) is 0 Å². The summed E-state index contributed by atoms with van der Waals surface area (Å²) >= 11 is 0. The van der Waals surface area contributed by atoms with E-state index in [-0.39, 0.29) is 11.7 Å². The van der Waals surface area contributed by atoms with Crippen molar-refractivity contribution in [2.24, 2.45) is 5.92 Å². The molecule has 7 nitrogen and oxygen atoms in total. The molecule has 1 fully saturated rings. The van der Waals surface area contributed by atoms with Gasteiger partial charge in [-0.05, 0) is 19.4 Å². The highest BCUT2D eigenvalue weighted by Crippen LogP contribution is 2.13. The molecule has 2 heterocycles. The Hall–Kier alpha value is -1.76. The van der Waals surface area contributed by atoms with Crippen LogP contribution in [0.1, 0.15) is 12.8 Å². The van der Waals surface area contributed by atoms with Crippen LogP contribution in [0.25, 0.3) is 0 Å². The Morgan fingerprint density at radius 3 is 2.88 bits per heavy atom. The first-order valence-electron chi connectivity index (χ1n) is 5.55. The van der Waals surface area contributed by atoms with Gasteiger partial charge in [0.2, 0.25) is 0 Å². The Labute approximate surface area is 98.4 Å². The molecule has 1 aromatic heterocycles. The van der Waals surface area contributed by atoms with Crippen LogP contribution in [0.15, 0.2) is 12.4 Å². The maximum atomic E-state index is 10.4. The van der Waals surface area contributed by atoms with Gasteiger partial charge in [-0.2, -0.15) is 9.97 Å². The number of nitro groups is 1. The molecule has 1 atom stereocenters. The number of piperidine rings is 1. The van der Waals surface area contributed by atoms with Crippen molar-refractivity contribution >= 4 is 5.69 Å². The summed E-state index contributed by atoms with van der Waals surface area (Å²) in [7, 11) is 0. The number of ether oxygens (including phenoxy) is 1. The molecule has 1 aliphatic heterocycles. The maximum absolute atomic E-state index is 10.4. The quantitative estimate of drug-likeness (QED) is 0.615. The van der Waals surface area contributed by atoms with E-state index in [4.69, 9.17) is 4.74 Å². The van der Waals surface area contributed by atoms with Gasteiger partial charge < -0.3 is 10.1 Å². The van der Waals surface area contributed by atoms with E-state index in [1.165, 1.54) is 0 Å². The Balaban J connectivity index is 1.84. The van der Waals surface area contributed by atoms with E-state index < -0.39 is 4.92 Å². The van der Waals surface area contributed by atoms with Gasteiger partial charge in [0, 0.05) is 12.5 Å².